The van der Waals surface area contributed by atoms with Gasteiger partial charge in [-0.1, -0.05) is 36.4 Å². The van der Waals surface area contributed by atoms with Crippen molar-refractivity contribution in [1.29, 1.82) is 0 Å². The van der Waals surface area contributed by atoms with Gasteiger partial charge in [0.2, 0.25) is 11.8 Å². The SMILES string of the molecule is Cl.O=C(Cc1ccccc1)NCC(=O)N1CCNCC1c1cccnc1. The van der Waals surface area contributed by atoms with Gasteiger partial charge in [-0.2, -0.15) is 0 Å². The van der Waals surface area contributed by atoms with Crippen molar-refractivity contribution in [3.05, 3.63) is 66.0 Å². The van der Waals surface area contributed by atoms with Crippen molar-refractivity contribution < 1.29 is 9.59 Å². The number of nitrogens with zero attached hydrogens (tertiary/aromatic N) is 2. The Kier molecular flexibility index (Phi) is 7.56. The molecule has 0 saturated carbocycles. The van der Waals surface area contributed by atoms with Crippen molar-refractivity contribution in [1.82, 2.24) is 20.5 Å². The van der Waals surface area contributed by atoms with E-state index in [-0.39, 0.29) is 43.2 Å². The Morgan fingerprint density at radius 2 is 2.00 bits per heavy atom. The number of carbonyl (C=O) groups is 2. The van der Waals surface area contributed by atoms with Crippen LogP contribution in [0.3, 0.4) is 0 Å². The van der Waals surface area contributed by atoms with Gasteiger partial charge in [-0.15, -0.1) is 12.4 Å². The van der Waals surface area contributed by atoms with Gasteiger partial charge in [0.05, 0.1) is 19.0 Å². The van der Waals surface area contributed by atoms with Crippen LogP contribution in [0.1, 0.15) is 17.2 Å². The molecule has 1 aromatic heterocycles. The molecule has 0 radical (unpaired) electrons. The molecule has 1 aromatic carbocycles. The van der Waals surface area contributed by atoms with Gasteiger partial charge >= 0.3 is 0 Å². The van der Waals surface area contributed by atoms with Gasteiger partial charge in [0.15, 0.2) is 0 Å². The maximum Gasteiger partial charge on any atom is 0.242 e. The molecule has 3 rings (SSSR count). The average molecular weight is 375 g/mol. The highest BCUT2D eigenvalue weighted by atomic mass is 35.5. The third kappa shape index (κ3) is 5.28. The predicted molar refractivity (Wildman–Crippen MR) is 102 cm³/mol. The van der Waals surface area contributed by atoms with Crippen LogP contribution in [-0.2, 0) is 16.0 Å². The van der Waals surface area contributed by atoms with Crippen LogP contribution in [0.15, 0.2) is 54.9 Å². The van der Waals surface area contributed by atoms with E-state index in [4.69, 9.17) is 0 Å². The molecule has 6 nitrogen and oxygen atoms in total. The molecular weight excluding hydrogens is 352 g/mol. The van der Waals surface area contributed by atoms with Crippen molar-refractivity contribution in [2.45, 2.75) is 12.5 Å². The van der Waals surface area contributed by atoms with E-state index in [2.05, 4.69) is 15.6 Å². The summed E-state index contributed by atoms with van der Waals surface area (Å²) in [6.45, 7) is 2.07. The first kappa shape index (κ1) is 19.9. The molecule has 1 aliphatic rings. The van der Waals surface area contributed by atoms with Crippen molar-refractivity contribution in [3.63, 3.8) is 0 Å². The fourth-order valence-corrected chi connectivity index (χ4v) is 2.99. The highest BCUT2D eigenvalue weighted by molar-refractivity contribution is 5.86. The summed E-state index contributed by atoms with van der Waals surface area (Å²) < 4.78 is 0. The second kappa shape index (κ2) is 9.89. The van der Waals surface area contributed by atoms with Gasteiger partial charge in [0, 0.05) is 32.0 Å². The lowest BCUT2D eigenvalue weighted by Gasteiger charge is -2.36. The number of halogens is 1. The van der Waals surface area contributed by atoms with Crippen LogP contribution < -0.4 is 10.6 Å². The average Bonchev–Trinajstić information content (AvgIpc) is 2.67. The number of rotatable bonds is 5. The first-order valence-corrected chi connectivity index (χ1v) is 8.45. The lowest BCUT2D eigenvalue weighted by molar-refractivity contribution is -0.135. The van der Waals surface area contributed by atoms with E-state index in [0.717, 1.165) is 17.7 Å². The molecule has 1 fully saturated rings. The Labute approximate surface area is 159 Å². The molecule has 0 spiro atoms. The molecule has 1 atom stereocenters. The van der Waals surface area contributed by atoms with Crippen LogP contribution in [0.25, 0.3) is 0 Å². The molecular formula is C19H23ClN4O2. The standard InChI is InChI=1S/C19H22N4O2.ClH/c24-18(11-15-5-2-1-3-6-15)22-14-19(25)23-10-9-21-13-17(23)16-7-4-8-20-12-16;/h1-8,12,17,21H,9-11,13-14H2,(H,22,24);1H. The summed E-state index contributed by atoms with van der Waals surface area (Å²) in [6.07, 6.45) is 3.78. The minimum Gasteiger partial charge on any atom is -0.347 e. The third-order valence-electron chi connectivity index (χ3n) is 4.28. The zero-order chi connectivity index (χ0) is 17.5. The van der Waals surface area contributed by atoms with Crippen LogP contribution in [0.4, 0.5) is 0 Å². The number of carbonyl (C=O) groups excluding carboxylic acids is 2. The minimum atomic E-state index is -0.146. The zero-order valence-corrected chi connectivity index (χ0v) is 15.2. The zero-order valence-electron chi connectivity index (χ0n) is 14.4. The number of nitrogens with one attached hydrogen (secondary N) is 2. The minimum absolute atomic E-state index is 0. The number of amides is 2. The molecule has 1 unspecified atom stereocenters. The van der Waals surface area contributed by atoms with Gasteiger partial charge in [0.25, 0.3) is 0 Å². The molecule has 2 N–H and O–H groups in total. The summed E-state index contributed by atoms with van der Waals surface area (Å²) >= 11 is 0. The van der Waals surface area contributed by atoms with Crippen LogP contribution in [0, 0.1) is 0 Å². The van der Waals surface area contributed by atoms with E-state index >= 15 is 0 Å². The van der Waals surface area contributed by atoms with E-state index in [9.17, 15) is 9.59 Å². The highest BCUT2D eigenvalue weighted by Gasteiger charge is 2.27. The number of aromatic nitrogens is 1. The van der Waals surface area contributed by atoms with E-state index in [1.807, 2.05) is 47.4 Å². The van der Waals surface area contributed by atoms with E-state index in [0.29, 0.717) is 13.1 Å². The summed E-state index contributed by atoms with van der Waals surface area (Å²) in [6, 6.07) is 13.3. The number of pyridine rings is 1. The van der Waals surface area contributed by atoms with Gasteiger partial charge in [-0.05, 0) is 17.2 Å². The highest BCUT2D eigenvalue weighted by Crippen LogP contribution is 2.21. The molecule has 7 heteroatoms. The van der Waals surface area contributed by atoms with Crippen molar-refractivity contribution >= 4 is 24.2 Å². The monoisotopic (exact) mass is 374 g/mol. The van der Waals surface area contributed by atoms with Crippen molar-refractivity contribution in [2.24, 2.45) is 0 Å². The summed E-state index contributed by atoms with van der Waals surface area (Å²) in [4.78, 5) is 30.6. The van der Waals surface area contributed by atoms with Crippen molar-refractivity contribution in [3.8, 4) is 0 Å². The third-order valence-corrected chi connectivity index (χ3v) is 4.28. The largest absolute Gasteiger partial charge is 0.347 e. The number of hydrogen-bond acceptors (Lipinski definition) is 4. The maximum atomic E-state index is 12.6. The molecule has 2 aromatic rings. The van der Waals surface area contributed by atoms with Crippen molar-refractivity contribution in [2.75, 3.05) is 26.2 Å². The quantitative estimate of drug-likeness (QED) is 0.828. The summed E-state index contributed by atoms with van der Waals surface area (Å²) in [7, 11) is 0. The molecule has 2 heterocycles. The Morgan fingerprint density at radius 3 is 2.73 bits per heavy atom. The molecule has 26 heavy (non-hydrogen) atoms. The normalized spacial score (nSPS) is 16.5. The van der Waals surface area contributed by atoms with E-state index in [1.54, 1.807) is 12.4 Å². The Balaban J connectivity index is 0.00000243. The molecule has 1 saturated heterocycles. The number of benzene rings is 1. The maximum absolute atomic E-state index is 12.6. The van der Waals surface area contributed by atoms with Gasteiger partial charge in [0.1, 0.15) is 0 Å². The first-order chi connectivity index (χ1) is 12.2. The number of hydrogen-bond donors (Lipinski definition) is 2. The topological polar surface area (TPSA) is 74.3 Å². The van der Waals surface area contributed by atoms with Gasteiger partial charge in [-0.25, -0.2) is 0 Å². The van der Waals surface area contributed by atoms with Crippen LogP contribution in [-0.4, -0.2) is 47.9 Å². The summed E-state index contributed by atoms with van der Waals surface area (Å²) in [5, 5.41) is 6.04. The Bertz CT molecular complexity index is 712. The Hall–Kier alpha value is -2.44. The number of piperazine rings is 1. The second-order valence-corrected chi connectivity index (χ2v) is 6.03. The fourth-order valence-electron chi connectivity index (χ4n) is 2.99. The lowest BCUT2D eigenvalue weighted by atomic mass is 10.1. The smallest absolute Gasteiger partial charge is 0.242 e. The van der Waals surface area contributed by atoms with Crippen LogP contribution in [0.2, 0.25) is 0 Å². The molecule has 138 valence electrons. The van der Waals surface area contributed by atoms with Gasteiger partial charge < -0.3 is 15.5 Å². The molecule has 1 aliphatic heterocycles. The Morgan fingerprint density at radius 1 is 1.19 bits per heavy atom. The van der Waals surface area contributed by atoms with E-state index in [1.165, 1.54) is 0 Å². The predicted octanol–water partition coefficient (Wildman–Crippen LogP) is 1.34. The summed E-state index contributed by atoms with van der Waals surface area (Å²) in [5.41, 5.74) is 1.93. The molecule has 2 amide bonds. The fraction of sp³-hybridized carbons (Fsp3) is 0.316. The first-order valence-electron chi connectivity index (χ1n) is 8.45. The van der Waals surface area contributed by atoms with Crippen LogP contribution in [0.5, 0.6) is 0 Å². The molecule has 0 bridgehead atoms. The lowest BCUT2D eigenvalue weighted by Crippen LogP contribution is -2.51. The second-order valence-electron chi connectivity index (χ2n) is 6.03. The summed E-state index contributed by atoms with van der Waals surface area (Å²) in [5.74, 6) is -0.218. The van der Waals surface area contributed by atoms with Gasteiger partial charge in [-0.3, -0.25) is 14.6 Å². The van der Waals surface area contributed by atoms with E-state index < -0.39 is 0 Å². The molecule has 0 aliphatic carbocycles. The van der Waals surface area contributed by atoms with Crippen LogP contribution >= 0.6 is 12.4 Å².